The van der Waals surface area contributed by atoms with Crippen molar-refractivity contribution in [1.29, 1.82) is 0 Å². The molecule has 0 fully saturated rings. The van der Waals surface area contributed by atoms with Gasteiger partial charge in [-0.2, -0.15) is 22.0 Å². The number of hydrogen-bond donors (Lipinski definition) is 0. The molecule has 0 aliphatic heterocycles. The van der Waals surface area contributed by atoms with Crippen LogP contribution in [0.3, 0.4) is 0 Å². The monoisotopic (exact) mass is 358 g/mol. The number of hydrogen-bond acceptors (Lipinski definition) is 2. The first kappa shape index (κ1) is 22.9. The van der Waals surface area contributed by atoms with Crippen molar-refractivity contribution in [1.82, 2.24) is 0 Å². The quantitative estimate of drug-likeness (QED) is 0.171. The van der Waals surface area contributed by atoms with Crippen LogP contribution in [0.15, 0.2) is 11.6 Å². The average Bonchev–Trinajstić information content (AvgIpc) is 2.47. The van der Waals surface area contributed by atoms with E-state index in [1.807, 2.05) is 0 Å². The van der Waals surface area contributed by atoms with Crippen LogP contribution < -0.4 is 0 Å². The van der Waals surface area contributed by atoms with E-state index in [1.165, 1.54) is 45.1 Å². The van der Waals surface area contributed by atoms with E-state index in [0.29, 0.717) is 6.42 Å². The van der Waals surface area contributed by atoms with Crippen LogP contribution in [0, 0.1) is 0 Å². The highest BCUT2D eigenvalue weighted by Gasteiger charge is 2.62. The fourth-order valence-electron chi connectivity index (χ4n) is 2.11. The summed E-state index contributed by atoms with van der Waals surface area (Å²) < 4.78 is 64.2. The second kappa shape index (κ2) is 11.4. The minimum atomic E-state index is -5.90. The Morgan fingerprint density at radius 1 is 0.875 bits per heavy atom. The van der Waals surface area contributed by atoms with Crippen molar-refractivity contribution in [2.45, 2.75) is 90.3 Å². The zero-order valence-corrected chi connectivity index (χ0v) is 14.4. The van der Waals surface area contributed by atoms with E-state index in [4.69, 9.17) is 0 Å². The summed E-state index contributed by atoms with van der Waals surface area (Å²) in [6, 6.07) is 0. The lowest BCUT2D eigenvalue weighted by molar-refractivity contribution is -0.375. The van der Waals surface area contributed by atoms with Crippen LogP contribution in [0.2, 0.25) is 0 Å². The van der Waals surface area contributed by atoms with Crippen molar-refractivity contribution in [2.75, 3.05) is 0 Å². The number of carbonyl (C=O) groups excluding carboxylic acids is 1. The maximum atomic E-state index is 12.6. The molecule has 0 aromatic heterocycles. The SMILES string of the molecule is CCCCCCCCCCCC=C(C)C(=O)OC(F)(F)C(F)(F)F. The fourth-order valence-corrected chi connectivity index (χ4v) is 2.11. The van der Waals surface area contributed by atoms with Crippen molar-refractivity contribution in [3.63, 3.8) is 0 Å². The molecule has 0 spiro atoms. The van der Waals surface area contributed by atoms with Gasteiger partial charge in [0.05, 0.1) is 0 Å². The van der Waals surface area contributed by atoms with Gasteiger partial charge >= 0.3 is 18.3 Å². The molecule has 0 aromatic carbocycles. The lowest BCUT2D eigenvalue weighted by Crippen LogP contribution is -2.41. The van der Waals surface area contributed by atoms with Gasteiger partial charge in [-0.3, -0.25) is 0 Å². The summed E-state index contributed by atoms with van der Waals surface area (Å²) in [7, 11) is 0. The minimum Gasteiger partial charge on any atom is -0.390 e. The van der Waals surface area contributed by atoms with Crippen LogP contribution in [-0.2, 0) is 9.53 Å². The molecule has 0 aliphatic rings. The summed E-state index contributed by atoms with van der Waals surface area (Å²) in [5, 5.41) is 0. The van der Waals surface area contributed by atoms with Crippen molar-refractivity contribution in [3.8, 4) is 0 Å². The number of rotatable bonds is 12. The van der Waals surface area contributed by atoms with Gasteiger partial charge in [-0.05, 0) is 19.8 Å². The molecular weight excluding hydrogens is 331 g/mol. The number of ether oxygens (including phenoxy) is 1. The first-order valence-electron chi connectivity index (χ1n) is 8.46. The first-order valence-corrected chi connectivity index (χ1v) is 8.46. The van der Waals surface area contributed by atoms with Gasteiger partial charge in [0.15, 0.2) is 0 Å². The molecule has 142 valence electrons. The van der Waals surface area contributed by atoms with E-state index < -0.39 is 18.3 Å². The lowest BCUT2D eigenvalue weighted by atomic mass is 10.1. The lowest BCUT2D eigenvalue weighted by Gasteiger charge is -2.18. The van der Waals surface area contributed by atoms with E-state index in [-0.39, 0.29) is 5.57 Å². The highest BCUT2D eigenvalue weighted by molar-refractivity contribution is 5.87. The van der Waals surface area contributed by atoms with Gasteiger partial charge in [0.2, 0.25) is 0 Å². The van der Waals surface area contributed by atoms with Gasteiger partial charge in [0.25, 0.3) is 0 Å². The smallest absolute Gasteiger partial charge is 0.390 e. The Morgan fingerprint density at radius 3 is 1.79 bits per heavy atom. The molecule has 24 heavy (non-hydrogen) atoms. The molecule has 0 aliphatic carbocycles. The van der Waals surface area contributed by atoms with Gasteiger partial charge in [-0.15, -0.1) is 0 Å². The molecular formula is C17H27F5O2. The molecule has 0 aromatic rings. The molecule has 0 N–H and O–H groups in total. The van der Waals surface area contributed by atoms with Gasteiger partial charge in [0, 0.05) is 5.57 Å². The van der Waals surface area contributed by atoms with Gasteiger partial charge < -0.3 is 4.74 Å². The molecule has 0 heterocycles. The molecule has 0 atom stereocenters. The Morgan fingerprint density at radius 2 is 1.33 bits per heavy atom. The van der Waals surface area contributed by atoms with Gasteiger partial charge in [-0.1, -0.05) is 64.4 Å². The Labute approximate surface area is 140 Å². The summed E-state index contributed by atoms with van der Waals surface area (Å²) >= 11 is 0. The van der Waals surface area contributed by atoms with Crippen molar-refractivity contribution < 1.29 is 31.5 Å². The molecule has 2 nitrogen and oxygen atoms in total. The molecule has 0 rings (SSSR count). The molecule has 0 saturated heterocycles. The summed E-state index contributed by atoms with van der Waals surface area (Å²) in [5.41, 5.74) is -0.238. The van der Waals surface area contributed by atoms with Crippen LogP contribution in [-0.4, -0.2) is 18.3 Å². The Balaban J connectivity index is 3.89. The summed E-state index contributed by atoms with van der Waals surface area (Å²) in [6.07, 6.45) is 0.448. The van der Waals surface area contributed by atoms with Crippen LogP contribution in [0.5, 0.6) is 0 Å². The normalized spacial score (nSPS) is 13.2. The number of halogens is 5. The van der Waals surface area contributed by atoms with Crippen LogP contribution in [0.25, 0.3) is 0 Å². The van der Waals surface area contributed by atoms with E-state index in [9.17, 15) is 26.7 Å². The number of unbranched alkanes of at least 4 members (excludes halogenated alkanes) is 9. The average molecular weight is 358 g/mol. The predicted octanol–water partition coefficient (Wildman–Crippen LogP) is 6.55. The van der Waals surface area contributed by atoms with Crippen LogP contribution >= 0.6 is 0 Å². The third-order valence-corrected chi connectivity index (χ3v) is 3.63. The van der Waals surface area contributed by atoms with E-state index >= 15 is 0 Å². The maximum absolute atomic E-state index is 12.6. The standard InChI is InChI=1S/C17H27F5O2/c1-3-4-5-6-7-8-9-10-11-12-13-14(2)15(23)24-17(21,22)16(18,19)20/h13H,3-12H2,1-2H3. The summed E-state index contributed by atoms with van der Waals surface area (Å²) in [6.45, 7) is 3.33. The van der Waals surface area contributed by atoms with E-state index in [0.717, 1.165) is 25.7 Å². The fraction of sp³-hybridized carbons (Fsp3) is 0.824. The highest BCUT2D eigenvalue weighted by Crippen LogP contribution is 2.36. The van der Waals surface area contributed by atoms with Gasteiger partial charge in [-0.25, -0.2) is 4.79 Å². The largest absolute Gasteiger partial charge is 0.501 e. The molecule has 0 amide bonds. The second-order valence-electron chi connectivity index (χ2n) is 5.91. The first-order chi connectivity index (χ1) is 11.1. The maximum Gasteiger partial charge on any atom is 0.501 e. The number of allylic oxidation sites excluding steroid dienone is 1. The zero-order valence-electron chi connectivity index (χ0n) is 14.4. The zero-order chi connectivity index (χ0) is 18.6. The number of alkyl halides is 5. The topological polar surface area (TPSA) is 26.3 Å². The third-order valence-electron chi connectivity index (χ3n) is 3.63. The Kier molecular flexibility index (Phi) is 10.9. The molecule has 7 heteroatoms. The summed E-state index contributed by atoms with van der Waals surface area (Å²) in [5.74, 6) is -1.65. The van der Waals surface area contributed by atoms with Crippen molar-refractivity contribution >= 4 is 5.97 Å². The van der Waals surface area contributed by atoms with Crippen molar-refractivity contribution in [3.05, 3.63) is 11.6 Å². The molecule has 0 unspecified atom stereocenters. The number of carbonyl (C=O) groups is 1. The molecule has 0 radical (unpaired) electrons. The summed E-state index contributed by atoms with van der Waals surface area (Å²) in [4.78, 5) is 11.2. The van der Waals surface area contributed by atoms with Crippen LogP contribution in [0.1, 0.15) is 78.1 Å². The van der Waals surface area contributed by atoms with Gasteiger partial charge in [0.1, 0.15) is 0 Å². The number of esters is 1. The molecule has 0 saturated carbocycles. The van der Waals surface area contributed by atoms with E-state index in [2.05, 4.69) is 11.7 Å². The Bertz CT molecular complexity index is 389. The minimum absolute atomic E-state index is 0.238. The van der Waals surface area contributed by atoms with Crippen LogP contribution in [0.4, 0.5) is 22.0 Å². The van der Waals surface area contributed by atoms with Crippen molar-refractivity contribution in [2.24, 2.45) is 0 Å². The van der Waals surface area contributed by atoms with E-state index in [1.54, 1.807) is 0 Å². The highest BCUT2D eigenvalue weighted by atomic mass is 19.4. The predicted molar refractivity (Wildman–Crippen MR) is 82.7 cm³/mol. The Hall–Kier alpha value is -1.14. The second-order valence-corrected chi connectivity index (χ2v) is 5.91. The third kappa shape index (κ3) is 9.88. The molecule has 0 bridgehead atoms.